The molecule has 1 aromatic rings. The van der Waals surface area contributed by atoms with E-state index in [2.05, 4.69) is 11.9 Å². The second-order valence-corrected chi connectivity index (χ2v) is 4.42. The molecule has 0 aromatic carbocycles. The molecule has 4 nitrogen and oxygen atoms in total. The van der Waals surface area contributed by atoms with Crippen LogP contribution in [0, 0.1) is 0 Å². The molecule has 2 N–H and O–H groups in total. The Morgan fingerprint density at radius 3 is 2.82 bits per heavy atom. The van der Waals surface area contributed by atoms with Crippen LogP contribution in [0.15, 0.2) is 12.1 Å². The molecular weight excluding hydrogens is 216 g/mol. The first-order valence-corrected chi connectivity index (χ1v) is 6.35. The van der Waals surface area contributed by atoms with Gasteiger partial charge in [-0.1, -0.05) is 6.92 Å². The Labute approximate surface area is 102 Å². The molecule has 0 unspecified atom stereocenters. The third-order valence-electron chi connectivity index (χ3n) is 2.90. The van der Waals surface area contributed by atoms with Gasteiger partial charge in [-0.15, -0.1) is 0 Å². The first kappa shape index (κ1) is 12.0. The average Bonchev–Trinajstić information content (AvgIpc) is 2.82. The van der Waals surface area contributed by atoms with E-state index in [4.69, 9.17) is 15.2 Å². The maximum Gasteiger partial charge on any atom is 0.240 e. The maximum atomic E-state index is 5.80. The van der Waals surface area contributed by atoms with Gasteiger partial charge in [0, 0.05) is 6.07 Å². The van der Waals surface area contributed by atoms with E-state index in [9.17, 15) is 0 Å². The summed E-state index contributed by atoms with van der Waals surface area (Å²) >= 11 is 0. The molecule has 94 valence electrons. The van der Waals surface area contributed by atoms with Crippen LogP contribution in [0.25, 0.3) is 0 Å². The van der Waals surface area contributed by atoms with Crippen LogP contribution in [0.1, 0.15) is 39.0 Å². The molecule has 1 heterocycles. The van der Waals surface area contributed by atoms with Crippen molar-refractivity contribution in [2.45, 2.75) is 45.1 Å². The van der Waals surface area contributed by atoms with Gasteiger partial charge in [0.05, 0.1) is 12.3 Å². The van der Waals surface area contributed by atoms with Crippen molar-refractivity contribution in [1.29, 1.82) is 0 Å². The summed E-state index contributed by atoms with van der Waals surface area (Å²) < 4.78 is 11.3. The lowest BCUT2D eigenvalue weighted by molar-refractivity contribution is 0.197. The normalized spacial score (nSPS) is 16.1. The van der Waals surface area contributed by atoms with Crippen LogP contribution in [0.3, 0.4) is 0 Å². The molecule has 1 aliphatic carbocycles. The first-order valence-electron chi connectivity index (χ1n) is 6.35. The molecule has 0 amide bonds. The standard InChI is InChI=1S/C13H20N2O2/c1-2-9-16-13-11(14)7-8-12(15-13)17-10-5-3-4-6-10/h7-8,10H,2-6,9,14H2,1H3. The van der Waals surface area contributed by atoms with Gasteiger partial charge in [-0.3, -0.25) is 0 Å². The highest BCUT2D eigenvalue weighted by atomic mass is 16.5. The van der Waals surface area contributed by atoms with Crippen molar-refractivity contribution in [2.75, 3.05) is 12.3 Å². The Hall–Kier alpha value is -1.45. The van der Waals surface area contributed by atoms with Crippen molar-refractivity contribution in [2.24, 2.45) is 0 Å². The summed E-state index contributed by atoms with van der Waals surface area (Å²) in [6.07, 6.45) is 5.99. The van der Waals surface area contributed by atoms with Crippen LogP contribution in [-0.4, -0.2) is 17.7 Å². The van der Waals surface area contributed by atoms with E-state index < -0.39 is 0 Å². The lowest BCUT2D eigenvalue weighted by Gasteiger charge is -2.13. The Morgan fingerprint density at radius 2 is 2.12 bits per heavy atom. The Morgan fingerprint density at radius 1 is 1.35 bits per heavy atom. The number of nitrogens with zero attached hydrogens (tertiary/aromatic N) is 1. The molecule has 0 spiro atoms. The third kappa shape index (κ3) is 3.25. The van der Waals surface area contributed by atoms with Crippen molar-refractivity contribution in [3.05, 3.63) is 12.1 Å². The molecule has 0 saturated heterocycles. The number of nitrogens with two attached hydrogens (primary N) is 1. The summed E-state index contributed by atoms with van der Waals surface area (Å²) in [7, 11) is 0. The van der Waals surface area contributed by atoms with Crippen LogP contribution >= 0.6 is 0 Å². The number of anilines is 1. The summed E-state index contributed by atoms with van der Waals surface area (Å²) in [6.45, 7) is 2.68. The van der Waals surface area contributed by atoms with Gasteiger partial charge in [0.15, 0.2) is 0 Å². The largest absolute Gasteiger partial charge is 0.476 e. The lowest BCUT2D eigenvalue weighted by Crippen LogP contribution is -2.12. The maximum absolute atomic E-state index is 5.80. The second-order valence-electron chi connectivity index (χ2n) is 4.42. The highest BCUT2D eigenvalue weighted by Gasteiger charge is 2.17. The van der Waals surface area contributed by atoms with Gasteiger partial charge in [0.1, 0.15) is 6.10 Å². The monoisotopic (exact) mass is 236 g/mol. The van der Waals surface area contributed by atoms with Crippen LogP contribution in [-0.2, 0) is 0 Å². The predicted octanol–water partition coefficient (Wildman–Crippen LogP) is 2.77. The molecule has 1 fully saturated rings. The summed E-state index contributed by atoms with van der Waals surface area (Å²) in [5, 5.41) is 0. The molecule has 1 saturated carbocycles. The molecular formula is C13H20N2O2. The molecule has 0 atom stereocenters. The van der Waals surface area contributed by atoms with Crippen molar-refractivity contribution in [3.63, 3.8) is 0 Å². The fraction of sp³-hybridized carbons (Fsp3) is 0.615. The third-order valence-corrected chi connectivity index (χ3v) is 2.90. The molecule has 0 radical (unpaired) electrons. The molecule has 1 aliphatic rings. The molecule has 0 aliphatic heterocycles. The van der Waals surface area contributed by atoms with Crippen molar-refractivity contribution in [3.8, 4) is 11.8 Å². The van der Waals surface area contributed by atoms with Crippen molar-refractivity contribution >= 4 is 5.69 Å². The smallest absolute Gasteiger partial charge is 0.240 e. The minimum absolute atomic E-state index is 0.310. The average molecular weight is 236 g/mol. The number of pyridine rings is 1. The SMILES string of the molecule is CCCOc1nc(OC2CCCC2)ccc1N. The summed E-state index contributed by atoms with van der Waals surface area (Å²) in [6, 6.07) is 3.61. The fourth-order valence-electron chi connectivity index (χ4n) is 1.99. The molecule has 17 heavy (non-hydrogen) atoms. The highest BCUT2D eigenvalue weighted by Crippen LogP contribution is 2.26. The minimum atomic E-state index is 0.310. The van der Waals surface area contributed by atoms with Gasteiger partial charge in [0.2, 0.25) is 11.8 Å². The Kier molecular flexibility index (Phi) is 4.07. The molecule has 1 aromatic heterocycles. The van der Waals surface area contributed by atoms with Gasteiger partial charge in [-0.05, 0) is 38.2 Å². The fourth-order valence-corrected chi connectivity index (χ4v) is 1.99. The van der Waals surface area contributed by atoms with E-state index in [-0.39, 0.29) is 0 Å². The van der Waals surface area contributed by atoms with Gasteiger partial charge in [0.25, 0.3) is 0 Å². The van der Waals surface area contributed by atoms with Crippen LogP contribution in [0.5, 0.6) is 11.8 Å². The van der Waals surface area contributed by atoms with E-state index in [0.29, 0.717) is 30.2 Å². The van der Waals surface area contributed by atoms with Crippen molar-refractivity contribution < 1.29 is 9.47 Å². The number of rotatable bonds is 5. The van der Waals surface area contributed by atoms with E-state index in [1.54, 1.807) is 6.07 Å². The molecule has 2 rings (SSSR count). The first-order chi connectivity index (χ1) is 8.29. The van der Waals surface area contributed by atoms with E-state index >= 15 is 0 Å². The molecule has 0 bridgehead atoms. The van der Waals surface area contributed by atoms with Gasteiger partial charge in [-0.2, -0.15) is 4.98 Å². The van der Waals surface area contributed by atoms with E-state index in [0.717, 1.165) is 19.3 Å². The van der Waals surface area contributed by atoms with Gasteiger partial charge < -0.3 is 15.2 Å². The minimum Gasteiger partial charge on any atom is -0.476 e. The number of aromatic nitrogens is 1. The Bertz CT molecular complexity index is 362. The topological polar surface area (TPSA) is 57.4 Å². The van der Waals surface area contributed by atoms with Gasteiger partial charge >= 0.3 is 0 Å². The van der Waals surface area contributed by atoms with Crippen LogP contribution in [0.4, 0.5) is 5.69 Å². The Balaban J connectivity index is 2.01. The highest BCUT2D eigenvalue weighted by molar-refractivity contribution is 5.49. The number of hydrogen-bond acceptors (Lipinski definition) is 4. The second kappa shape index (κ2) is 5.75. The zero-order valence-corrected chi connectivity index (χ0v) is 10.3. The van der Waals surface area contributed by atoms with Gasteiger partial charge in [-0.25, -0.2) is 0 Å². The number of ether oxygens (including phenoxy) is 2. The summed E-state index contributed by atoms with van der Waals surface area (Å²) in [5.41, 5.74) is 6.36. The summed E-state index contributed by atoms with van der Waals surface area (Å²) in [4.78, 5) is 4.30. The van der Waals surface area contributed by atoms with E-state index in [1.807, 2.05) is 6.07 Å². The quantitative estimate of drug-likeness (QED) is 0.854. The summed E-state index contributed by atoms with van der Waals surface area (Å²) in [5.74, 6) is 1.11. The van der Waals surface area contributed by atoms with Crippen LogP contribution < -0.4 is 15.2 Å². The number of hydrogen-bond donors (Lipinski definition) is 1. The van der Waals surface area contributed by atoms with Crippen molar-refractivity contribution in [1.82, 2.24) is 4.98 Å². The zero-order chi connectivity index (χ0) is 12.1. The van der Waals surface area contributed by atoms with E-state index in [1.165, 1.54) is 12.8 Å². The predicted molar refractivity (Wildman–Crippen MR) is 67.3 cm³/mol. The van der Waals surface area contributed by atoms with Crippen LogP contribution in [0.2, 0.25) is 0 Å². The number of nitrogen functional groups attached to an aromatic ring is 1. The zero-order valence-electron chi connectivity index (χ0n) is 10.3. The lowest BCUT2D eigenvalue weighted by atomic mass is 10.3. The molecule has 4 heteroatoms.